The molecule has 6 nitrogen and oxygen atoms in total. The van der Waals surface area contributed by atoms with Gasteiger partial charge in [0.1, 0.15) is 12.4 Å². The molecule has 0 saturated heterocycles. The first-order chi connectivity index (χ1) is 16.2. The molecule has 2 N–H and O–H groups in total. The van der Waals surface area contributed by atoms with Gasteiger partial charge in [0.15, 0.2) is 0 Å². The van der Waals surface area contributed by atoms with E-state index < -0.39 is 12.2 Å². The lowest BCUT2D eigenvalue weighted by molar-refractivity contribution is -0.138. The highest BCUT2D eigenvalue weighted by Gasteiger charge is 2.39. The predicted molar refractivity (Wildman–Crippen MR) is 137 cm³/mol. The molecule has 1 rings (SSSR count). The Bertz CT molecular complexity index is 653. The number of aliphatic hydroxyl groups is 2. The minimum atomic E-state index is -0.675. The molecule has 2 unspecified atom stereocenters. The number of aliphatic hydroxyl groups excluding tert-OH is 2. The summed E-state index contributed by atoms with van der Waals surface area (Å²) in [7, 11) is 0. The zero-order valence-electron chi connectivity index (χ0n) is 22.2. The minimum absolute atomic E-state index is 0.106. The zero-order valence-corrected chi connectivity index (χ0v) is 22.2. The van der Waals surface area contributed by atoms with Crippen molar-refractivity contribution in [3.63, 3.8) is 0 Å². The van der Waals surface area contributed by atoms with Gasteiger partial charge < -0.3 is 19.8 Å². The molecule has 1 aliphatic rings. The smallest absolute Gasteiger partial charge is 0.330 e. The van der Waals surface area contributed by atoms with Crippen molar-refractivity contribution in [3.8, 4) is 0 Å². The topological polar surface area (TPSA) is 87.1 Å². The summed E-state index contributed by atoms with van der Waals surface area (Å²) in [6.07, 6.45) is 12.1. The number of likely N-dealkylation sites (N-methyl/N-ethyl adjacent to an activating group) is 1. The van der Waals surface area contributed by atoms with Crippen molar-refractivity contribution in [2.24, 2.45) is 17.3 Å². The summed E-state index contributed by atoms with van der Waals surface area (Å²) in [6, 6.07) is 0. The van der Waals surface area contributed by atoms with E-state index in [-0.39, 0.29) is 35.4 Å². The van der Waals surface area contributed by atoms with Crippen LogP contribution in [0.15, 0.2) is 24.3 Å². The van der Waals surface area contributed by atoms with Crippen molar-refractivity contribution in [2.45, 2.75) is 98.2 Å². The average Bonchev–Trinajstić information content (AvgIpc) is 3.07. The fourth-order valence-corrected chi connectivity index (χ4v) is 4.54. The van der Waals surface area contributed by atoms with Crippen molar-refractivity contribution in [1.29, 1.82) is 0 Å². The molecule has 196 valence electrons. The van der Waals surface area contributed by atoms with Gasteiger partial charge in [0.25, 0.3) is 0 Å². The van der Waals surface area contributed by atoms with Gasteiger partial charge in [0.2, 0.25) is 0 Å². The molecule has 34 heavy (non-hydrogen) atoms. The van der Waals surface area contributed by atoms with Gasteiger partial charge in [-0.15, -0.1) is 0 Å². The maximum atomic E-state index is 12.4. The molecule has 0 radical (unpaired) electrons. The number of ether oxygens (including phenoxy) is 1. The molecule has 4 atom stereocenters. The highest BCUT2D eigenvalue weighted by molar-refractivity contribution is 5.84. The molecule has 0 aromatic carbocycles. The van der Waals surface area contributed by atoms with Crippen LogP contribution < -0.4 is 0 Å². The second-order valence-electron chi connectivity index (χ2n) is 10.2. The summed E-state index contributed by atoms with van der Waals surface area (Å²) in [6.45, 7) is 13.5. The van der Waals surface area contributed by atoms with Crippen molar-refractivity contribution in [1.82, 2.24) is 4.90 Å². The summed E-state index contributed by atoms with van der Waals surface area (Å²) >= 11 is 0. The van der Waals surface area contributed by atoms with E-state index in [9.17, 15) is 19.8 Å². The predicted octanol–water partition coefficient (Wildman–Crippen LogP) is 4.69. The number of carbonyl (C=O) groups excluding carboxylic acids is 2. The number of hydrogen-bond acceptors (Lipinski definition) is 6. The van der Waals surface area contributed by atoms with E-state index in [4.69, 9.17) is 4.74 Å². The molecule has 1 fully saturated rings. The summed E-state index contributed by atoms with van der Waals surface area (Å²) < 4.78 is 5.23. The molecular formula is C28H49NO5. The SMILES string of the molecule is CCCCC(C)(C)C(O)C=C[C@H]1C(O)CC(=O)[C@@H]1CCCCC=CC(=O)OCCN(CC)CC. The molecule has 6 heteroatoms. The van der Waals surface area contributed by atoms with Crippen LogP contribution in [0.5, 0.6) is 0 Å². The van der Waals surface area contributed by atoms with Gasteiger partial charge in [-0.05, 0) is 44.2 Å². The van der Waals surface area contributed by atoms with Gasteiger partial charge in [-0.3, -0.25) is 4.79 Å². The maximum Gasteiger partial charge on any atom is 0.330 e. The Balaban J connectivity index is 2.42. The van der Waals surface area contributed by atoms with Gasteiger partial charge in [0, 0.05) is 30.9 Å². The molecule has 0 aromatic rings. The van der Waals surface area contributed by atoms with Crippen molar-refractivity contribution in [3.05, 3.63) is 24.3 Å². The van der Waals surface area contributed by atoms with Crippen molar-refractivity contribution < 1.29 is 24.5 Å². The standard InChI is InChI=1S/C28H49NO5/c1-6-9-18-28(4,5)26(32)17-16-23-22(24(30)21-25(23)31)14-12-10-11-13-15-27(33)34-20-19-29(7-2)8-3/h13,15-17,22-23,25-26,31-32H,6-12,14,18-21H2,1-5H3/t22-,23-,25?,26?/m1/s1. The Labute approximate surface area is 207 Å². The Morgan fingerprint density at radius 1 is 1.21 bits per heavy atom. The van der Waals surface area contributed by atoms with Crippen LogP contribution in [0.3, 0.4) is 0 Å². The zero-order chi connectivity index (χ0) is 25.6. The molecule has 1 aliphatic carbocycles. The summed E-state index contributed by atoms with van der Waals surface area (Å²) in [5.41, 5.74) is -0.228. The quantitative estimate of drug-likeness (QED) is 0.136. The van der Waals surface area contributed by atoms with Gasteiger partial charge >= 0.3 is 5.97 Å². The molecule has 0 spiro atoms. The van der Waals surface area contributed by atoms with Crippen LogP contribution in [0.2, 0.25) is 0 Å². The van der Waals surface area contributed by atoms with Gasteiger partial charge in [-0.25, -0.2) is 4.79 Å². The number of ketones is 1. The van der Waals surface area contributed by atoms with E-state index in [1.165, 1.54) is 6.08 Å². The number of Topliss-reactive ketones (excluding diaryl/α,β-unsaturated/α-hetero) is 1. The average molecular weight is 480 g/mol. The van der Waals surface area contributed by atoms with Gasteiger partial charge in [0.05, 0.1) is 12.2 Å². The Kier molecular flexibility index (Phi) is 14.6. The van der Waals surface area contributed by atoms with Crippen LogP contribution in [0, 0.1) is 17.3 Å². The second kappa shape index (κ2) is 16.2. The Morgan fingerprint density at radius 3 is 2.56 bits per heavy atom. The van der Waals surface area contributed by atoms with E-state index in [0.29, 0.717) is 13.0 Å². The fourth-order valence-electron chi connectivity index (χ4n) is 4.54. The number of rotatable bonds is 17. The largest absolute Gasteiger partial charge is 0.461 e. The maximum absolute atomic E-state index is 12.4. The number of nitrogens with zero attached hydrogens (tertiary/aromatic N) is 1. The first-order valence-corrected chi connectivity index (χ1v) is 13.3. The van der Waals surface area contributed by atoms with E-state index in [1.807, 2.05) is 12.2 Å². The fraction of sp³-hybridized carbons (Fsp3) is 0.786. The van der Waals surface area contributed by atoms with Crippen molar-refractivity contribution in [2.75, 3.05) is 26.2 Å². The number of carbonyl (C=O) groups is 2. The van der Waals surface area contributed by atoms with E-state index in [0.717, 1.165) is 58.2 Å². The van der Waals surface area contributed by atoms with Crippen LogP contribution >= 0.6 is 0 Å². The highest BCUT2D eigenvalue weighted by Crippen LogP contribution is 2.35. The van der Waals surface area contributed by atoms with Gasteiger partial charge in [-0.1, -0.05) is 72.1 Å². The van der Waals surface area contributed by atoms with E-state index in [1.54, 1.807) is 6.08 Å². The number of unbranched alkanes of at least 4 members (excludes halogenated alkanes) is 3. The lowest BCUT2D eigenvalue weighted by Gasteiger charge is -2.29. The highest BCUT2D eigenvalue weighted by atomic mass is 16.5. The molecule has 0 amide bonds. The normalized spacial score (nSPS) is 22.4. The van der Waals surface area contributed by atoms with Crippen molar-refractivity contribution >= 4 is 11.8 Å². The van der Waals surface area contributed by atoms with Crippen LogP contribution in [-0.4, -0.2) is 65.3 Å². The van der Waals surface area contributed by atoms with Crippen LogP contribution in [0.4, 0.5) is 0 Å². The number of allylic oxidation sites excluding steroid dienone is 1. The molecule has 0 aliphatic heterocycles. The summed E-state index contributed by atoms with van der Waals surface area (Å²) in [4.78, 5) is 26.4. The Hall–Kier alpha value is -1.50. The molecule has 0 heterocycles. The van der Waals surface area contributed by atoms with Crippen LogP contribution in [-0.2, 0) is 14.3 Å². The molecule has 0 aromatic heterocycles. The number of esters is 1. The van der Waals surface area contributed by atoms with E-state index in [2.05, 4.69) is 39.5 Å². The van der Waals surface area contributed by atoms with Gasteiger partial charge in [-0.2, -0.15) is 0 Å². The van der Waals surface area contributed by atoms with Crippen LogP contribution in [0.25, 0.3) is 0 Å². The first-order valence-electron chi connectivity index (χ1n) is 13.3. The third kappa shape index (κ3) is 10.8. The monoisotopic (exact) mass is 479 g/mol. The molecule has 1 saturated carbocycles. The molecular weight excluding hydrogens is 430 g/mol. The summed E-state index contributed by atoms with van der Waals surface area (Å²) in [5.74, 6) is -0.646. The Morgan fingerprint density at radius 2 is 1.91 bits per heavy atom. The van der Waals surface area contributed by atoms with E-state index >= 15 is 0 Å². The second-order valence-corrected chi connectivity index (χ2v) is 10.2. The lowest BCUT2D eigenvalue weighted by Crippen LogP contribution is -2.28. The lowest BCUT2D eigenvalue weighted by atomic mass is 9.80. The minimum Gasteiger partial charge on any atom is -0.461 e. The molecule has 0 bridgehead atoms. The third-order valence-electron chi connectivity index (χ3n) is 7.16. The van der Waals surface area contributed by atoms with Crippen LogP contribution in [0.1, 0.15) is 86.0 Å². The number of hydrogen-bond donors (Lipinski definition) is 2. The first kappa shape index (κ1) is 30.5. The third-order valence-corrected chi connectivity index (χ3v) is 7.16. The summed E-state index contributed by atoms with van der Waals surface area (Å²) in [5, 5.41) is 21.0.